The Hall–Kier alpha value is -1.31. The molecule has 0 aromatic rings. The van der Waals surface area contributed by atoms with Crippen LogP contribution in [0.15, 0.2) is 0 Å². The summed E-state index contributed by atoms with van der Waals surface area (Å²) in [6.45, 7) is 2.09. The van der Waals surface area contributed by atoms with Gasteiger partial charge in [-0.15, -0.1) is 0 Å². The van der Waals surface area contributed by atoms with Crippen LogP contribution in [-0.4, -0.2) is 56.1 Å². The highest BCUT2D eigenvalue weighted by molar-refractivity contribution is 5.81. The third-order valence-electron chi connectivity index (χ3n) is 2.76. The zero-order valence-electron chi connectivity index (χ0n) is 11.5. The van der Waals surface area contributed by atoms with Gasteiger partial charge in [0.15, 0.2) is 0 Å². The van der Waals surface area contributed by atoms with Crippen molar-refractivity contribution < 1.29 is 22.8 Å². The first-order valence-electron chi connectivity index (χ1n) is 5.84. The summed E-state index contributed by atoms with van der Waals surface area (Å²) in [6.07, 6.45) is -4.43. The number of likely N-dealkylation sites (N-methyl/N-ethyl adjacent to an activating group) is 1. The molecule has 0 bridgehead atoms. The Balaban J connectivity index is 4.28. The lowest BCUT2D eigenvalue weighted by molar-refractivity contribution is -0.141. The Bertz CT molecular complexity index is 321. The lowest BCUT2D eigenvalue weighted by Crippen LogP contribution is -2.48. The number of halogens is 3. The highest BCUT2D eigenvalue weighted by Crippen LogP contribution is 2.12. The van der Waals surface area contributed by atoms with E-state index in [1.54, 1.807) is 14.0 Å². The number of hydrogen-bond donors (Lipinski definition) is 2. The number of hydrogen-bond acceptors (Lipinski definition) is 3. The Labute approximate surface area is 110 Å². The van der Waals surface area contributed by atoms with Gasteiger partial charge in [-0.1, -0.05) is 6.92 Å². The van der Waals surface area contributed by atoms with E-state index in [-0.39, 0.29) is 18.4 Å². The quantitative estimate of drug-likeness (QED) is 0.740. The summed E-state index contributed by atoms with van der Waals surface area (Å²) in [6, 6.07) is -0.741. The molecule has 0 saturated heterocycles. The van der Waals surface area contributed by atoms with Gasteiger partial charge in [0.2, 0.25) is 11.8 Å². The molecule has 0 rings (SSSR count). The van der Waals surface area contributed by atoms with Crippen LogP contribution in [0.25, 0.3) is 0 Å². The highest BCUT2D eigenvalue weighted by Gasteiger charge is 2.29. The molecular weight excluding hydrogens is 263 g/mol. The minimum absolute atomic E-state index is 0.185. The Kier molecular flexibility index (Phi) is 6.82. The van der Waals surface area contributed by atoms with Gasteiger partial charge < -0.3 is 10.6 Å². The van der Waals surface area contributed by atoms with Crippen LogP contribution in [0.4, 0.5) is 13.2 Å². The molecule has 0 aromatic heterocycles. The van der Waals surface area contributed by atoms with Gasteiger partial charge in [-0.3, -0.25) is 14.5 Å². The molecule has 2 N–H and O–H groups in total. The summed E-state index contributed by atoms with van der Waals surface area (Å²) in [5.41, 5.74) is 0. The molecule has 0 aliphatic heterocycles. The maximum Gasteiger partial charge on any atom is 0.405 e. The van der Waals surface area contributed by atoms with Crippen molar-refractivity contribution in [1.82, 2.24) is 15.5 Å². The second-order valence-corrected chi connectivity index (χ2v) is 4.46. The fraction of sp³-hybridized carbons (Fsp3) is 0.818. The summed E-state index contributed by atoms with van der Waals surface area (Å²) in [5, 5.41) is 4.28. The highest BCUT2D eigenvalue weighted by atomic mass is 19.4. The SMILES string of the molecule is CNC(=O)[C@H](C)CN(C)[C@H](C)C(=O)NCC(F)(F)F. The summed E-state index contributed by atoms with van der Waals surface area (Å²) >= 11 is 0. The fourth-order valence-corrected chi connectivity index (χ4v) is 1.45. The maximum absolute atomic E-state index is 12.0. The Morgan fingerprint density at radius 2 is 1.74 bits per heavy atom. The molecule has 0 saturated carbocycles. The average molecular weight is 283 g/mol. The van der Waals surface area contributed by atoms with E-state index in [9.17, 15) is 22.8 Å². The van der Waals surface area contributed by atoms with E-state index in [0.29, 0.717) is 0 Å². The molecule has 5 nitrogen and oxygen atoms in total. The minimum Gasteiger partial charge on any atom is -0.359 e. The van der Waals surface area contributed by atoms with Crippen LogP contribution in [0.2, 0.25) is 0 Å². The molecule has 0 fully saturated rings. The van der Waals surface area contributed by atoms with Crippen molar-refractivity contribution in [3.05, 3.63) is 0 Å². The number of amides is 2. The lowest BCUT2D eigenvalue weighted by Gasteiger charge is -2.26. The summed E-state index contributed by atoms with van der Waals surface area (Å²) in [5.74, 6) is -1.26. The van der Waals surface area contributed by atoms with Crippen molar-refractivity contribution in [3.8, 4) is 0 Å². The number of nitrogens with one attached hydrogen (secondary N) is 2. The smallest absolute Gasteiger partial charge is 0.359 e. The van der Waals surface area contributed by atoms with Crippen molar-refractivity contribution in [3.63, 3.8) is 0 Å². The number of nitrogens with zero attached hydrogens (tertiary/aromatic N) is 1. The monoisotopic (exact) mass is 283 g/mol. The van der Waals surface area contributed by atoms with Crippen molar-refractivity contribution in [2.45, 2.75) is 26.1 Å². The van der Waals surface area contributed by atoms with Gasteiger partial charge in [-0.25, -0.2) is 0 Å². The van der Waals surface area contributed by atoms with Crippen LogP contribution < -0.4 is 10.6 Å². The van der Waals surface area contributed by atoms with Crippen LogP contribution >= 0.6 is 0 Å². The molecule has 0 heterocycles. The van der Waals surface area contributed by atoms with Gasteiger partial charge in [0.1, 0.15) is 6.54 Å². The molecule has 112 valence electrons. The molecule has 0 radical (unpaired) electrons. The van der Waals surface area contributed by atoms with E-state index in [0.717, 1.165) is 0 Å². The zero-order chi connectivity index (χ0) is 15.2. The largest absolute Gasteiger partial charge is 0.405 e. The number of carbonyl (C=O) groups excluding carboxylic acids is 2. The summed E-state index contributed by atoms with van der Waals surface area (Å²) in [7, 11) is 3.08. The molecule has 0 unspecified atom stereocenters. The van der Waals surface area contributed by atoms with Gasteiger partial charge in [-0.05, 0) is 14.0 Å². The lowest BCUT2D eigenvalue weighted by atomic mass is 10.1. The van der Waals surface area contributed by atoms with Crippen LogP contribution in [0.1, 0.15) is 13.8 Å². The van der Waals surface area contributed by atoms with E-state index in [1.807, 2.05) is 5.32 Å². The van der Waals surface area contributed by atoms with Crippen LogP contribution in [0.3, 0.4) is 0 Å². The molecule has 0 aromatic carbocycles. The van der Waals surface area contributed by atoms with E-state index in [4.69, 9.17) is 0 Å². The fourth-order valence-electron chi connectivity index (χ4n) is 1.45. The van der Waals surface area contributed by atoms with Crippen molar-refractivity contribution >= 4 is 11.8 Å². The molecular formula is C11H20F3N3O2. The minimum atomic E-state index is -4.43. The summed E-state index contributed by atoms with van der Waals surface area (Å²) < 4.78 is 35.9. The molecule has 19 heavy (non-hydrogen) atoms. The van der Waals surface area contributed by atoms with Gasteiger partial charge in [0.05, 0.1) is 6.04 Å². The third kappa shape index (κ3) is 7.00. The third-order valence-corrected chi connectivity index (χ3v) is 2.76. The maximum atomic E-state index is 12.0. The molecule has 0 aliphatic rings. The van der Waals surface area contributed by atoms with E-state index < -0.39 is 24.7 Å². The van der Waals surface area contributed by atoms with Crippen LogP contribution in [-0.2, 0) is 9.59 Å². The topological polar surface area (TPSA) is 61.4 Å². The normalized spacial score (nSPS) is 14.9. The van der Waals surface area contributed by atoms with Gasteiger partial charge in [0.25, 0.3) is 0 Å². The van der Waals surface area contributed by atoms with Gasteiger partial charge in [-0.2, -0.15) is 13.2 Å². The molecule has 8 heteroatoms. The van der Waals surface area contributed by atoms with Crippen molar-refractivity contribution in [1.29, 1.82) is 0 Å². The molecule has 0 spiro atoms. The zero-order valence-corrected chi connectivity index (χ0v) is 11.5. The van der Waals surface area contributed by atoms with Crippen molar-refractivity contribution in [2.24, 2.45) is 5.92 Å². The summed E-state index contributed by atoms with van der Waals surface area (Å²) in [4.78, 5) is 24.3. The van der Waals surface area contributed by atoms with Crippen molar-refractivity contribution in [2.75, 3.05) is 27.2 Å². The first kappa shape index (κ1) is 17.7. The number of rotatable bonds is 6. The standard InChI is InChI=1S/C11H20F3N3O2/c1-7(9(18)15-3)5-17(4)8(2)10(19)16-6-11(12,13)14/h7-8H,5-6H2,1-4H3,(H,15,18)(H,16,19)/t7-,8-/m1/s1. The molecule has 2 atom stereocenters. The predicted octanol–water partition coefficient (Wildman–Crippen LogP) is 0.367. The van der Waals surface area contributed by atoms with E-state index >= 15 is 0 Å². The Morgan fingerprint density at radius 3 is 2.16 bits per heavy atom. The van der Waals surface area contributed by atoms with Crippen LogP contribution in [0, 0.1) is 5.92 Å². The van der Waals surface area contributed by atoms with E-state index in [1.165, 1.54) is 18.9 Å². The van der Waals surface area contributed by atoms with Gasteiger partial charge in [0, 0.05) is 19.5 Å². The predicted molar refractivity (Wildman–Crippen MR) is 64.4 cm³/mol. The van der Waals surface area contributed by atoms with Crippen LogP contribution in [0.5, 0.6) is 0 Å². The Morgan fingerprint density at radius 1 is 1.21 bits per heavy atom. The second kappa shape index (κ2) is 7.32. The average Bonchev–Trinajstić information content (AvgIpc) is 2.32. The number of alkyl halides is 3. The molecule has 2 amide bonds. The van der Waals surface area contributed by atoms with Gasteiger partial charge >= 0.3 is 6.18 Å². The number of carbonyl (C=O) groups is 2. The first-order valence-corrected chi connectivity index (χ1v) is 5.84. The first-order chi connectivity index (χ1) is 8.58. The second-order valence-electron chi connectivity index (χ2n) is 4.46. The van der Waals surface area contributed by atoms with E-state index in [2.05, 4.69) is 5.32 Å². The molecule has 0 aliphatic carbocycles.